The van der Waals surface area contributed by atoms with E-state index in [1.807, 2.05) is 0 Å². The van der Waals surface area contributed by atoms with Crippen LogP contribution in [0.3, 0.4) is 0 Å². The molecule has 1 atom stereocenters. The molecule has 0 aromatic carbocycles. The summed E-state index contributed by atoms with van der Waals surface area (Å²) >= 11 is 0. The molecular weight excluding hydrogens is 424 g/mol. The maximum absolute atomic E-state index is 11.3. The zero-order chi connectivity index (χ0) is 22.7. The summed E-state index contributed by atoms with van der Waals surface area (Å²) in [6.07, 6.45) is 22.0. The molecule has 0 saturated carbocycles. The largest absolute Gasteiger partial charge is 0.268 e. The summed E-state index contributed by atoms with van der Waals surface area (Å²) in [4.78, 5) is 0. The third kappa shape index (κ3) is 24.1. The van der Waals surface area contributed by atoms with E-state index < -0.39 is 26.3 Å². The van der Waals surface area contributed by atoms with Crippen LogP contribution in [0.15, 0.2) is 0 Å². The fraction of sp³-hybridized carbons (Fsp3) is 1.00. The molecule has 0 fully saturated rings. The van der Waals surface area contributed by atoms with Gasteiger partial charge in [0.05, 0.1) is 19.1 Å². The molecule has 0 spiro atoms. The highest BCUT2D eigenvalue weighted by Gasteiger charge is 2.18. The molecule has 0 bridgehead atoms. The second kappa shape index (κ2) is 18.4. The van der Waals surface area contributed by atoms with Gasteiger partial charge in [-0.3, -0.25) is 8.37 Å². The van der Waals surface area contributed by atoms with Gasteiger partial charge in [0.15, 0.2) is 0 Å². The van der Waals surface area contributed by atoms with Crippen LogP contribution in [0.2, 0.25) is 0 Å². The molecule has 0 unspecified atom stereocenters. The summed E-state index contributed by atoms with van der Waals surface area (Å²) in [6, 6.07) is 0. The van der Waals surface area contributed by atoms with Gasteiger partial charge in [0.25, 0.3) is 20.2 Å². The van der Waals surface area contributed by atoms with Gasteiger partial charge in [0.2, 0.25) is 0 Å². The van der Waals surface area contributed by atoms with E-state index in [4.69, 9.17) is 8.37 Å². The average Bonchev–Trinajstić information content (AvgIpc) is 2.64. The standard InChI is InChI=1S/C22H46O6S2/c1-4-5-6-7-8-9-10-11-12-13-14-15-16-17-18-19-20-22(28-30(3,25)26)21-27-29(2,23)24/h22H,4-21H2,1-3H3/t22-/m1/s1. The lowest BCUT2D eigenvalue weighted by Gasteiger charge is -2.15. The van der Waals surface area contributed by atoms with Gasteiger partial charge in [-0.05, 0) is 6.42 Å². The van der Waals surface area contributed by atoms with Crippen molar-refractivity contribution in [3.8, 4) is 0 Å². The molecule has 0 radical (unpaired) electrons. The first-order valence-corrected chi connectivity index (χ1v) is 15.5. The van der Waals surface area contributed by atoms with Gasteiger partial charge in [-0.15, -0.1) is 0 Å². The number of rotatable bonds is 22. The molecule has 0 aliphatic heterocycles. The van der Waals surface area contributed by atoms with Crippen molar-refractivity contribution in [2.45, 2.75) is 122 Å². The minimum absolute atomic E-state index is 0.259. The second-order valence-corrected chi connectivity index (χ2v) is 11.7. The van der Waals surface area contributed by atoms with Crippen LogP contribution in [-0.2, 0) is 28.6 Å². The normalized spacial score (nSPS) is 13.6. The highest BCUT2D eigenvalue weighted by molar-refractivity contribution is 7.86. The first-order valence-electron chi connectivity index (χ1n) is 11.9. The highest BCUT2D eigenvalue weighted by Crippen LogP contribution is 2.15. The smallest absolute Gasteiger partial charge is 0.264 e. The zero-order valence-corrected chi connectivity index (χ0v) is 21.2. The van der Waals surface area contributed by atoms with Crippen molar-refractivity contribution >= 4 is 20.2 Å². The first kappa shape index (κ1) is 29.8. The van der Waals surface area contributed by atoms with E-state index in [0.29, 0.717) is 6.42 Å². The third-order valence-corrected chi connectivity index (χ3v) is 6.34. The molecule has 0 aliphatic rings. The summed E-state index contributed by atoms with van der Waals surface area (Å²) in [7, 11) is -7.25. The van der Waals surface area contributed by atoms with Crippen molar-refractivity contribution in [2.75, 3.05) is 19.1 Å². The minimum Gasteiger partial charge on any atom is -0.268 e. The Morgan fingerprint density at radius 3 is 1.27 bits per heavy atom. The number of hydrogen-bond acceptors (Lipinski definition) is 6. The van der Waals surface area contributed by atoms with Crippen LogP contribution in [0.1, 0.15) is 116 Å². The monoisotopic (exact) mass is 470 g/mol. The Morgan fingerprint density at radius 2 is 0.933 bits per heavy atom. The van der Waals surface area contributed by atoms with Crippen molar-refractivity contribution in [1.82, 2.24) is 0 Å². The fourth-order valence-corrected chi connectivity index (χ4v) is 4.57. The maximum atomic E-state index is 11.3. The molecule has 0 N–H and O–H groups in total. The van der Waals surface area contributed by atoms with Gasteiger partial charge in [0, 0.05) is 0 Å². The minimum atomic E-state index is -3.64. The SMILES string of the molecule is CCCCCCCCCCCCCCCCCC[C@H](COS(C)(=O)=O)OS(C)(=O)=O. The van der Waals surface area contributed by atoms with Crippen LogP contribution >= 0.6 is 0 Å². The molecule has 0 rings (SSSR count). The van der Waals surface area contributed by atoms with Gasteiger partial charge < -0.3 is 0 Å². The first-order chi connectivity index (χ1) is 14.1. The molecule has 0 heterocycles. The van der Waals surface area contributed by atoms with Crippen molar-refractivity contribution in [3.63, 3.8) is 0 Å². The van der Waals surface area contributed by atoms with Crippen molar-refractivity contribution in [2.24, 2.45) is 0 Å². The highest BCUT2D eigenvalue weighted by atomic mass is 32.2. The van der Waals surface area contributed by atoms with E-state index in [2.05, 4.69) is 6.92 Å². The molecule has 0 aromatic heterocycles. The van der Waals surface area contributed by atoms with E-state index in [1.54, 1.807) is 0 Å². The number of unbranched alkanes of at least 4 members (excludes halogenated alkanes) is 15. The molecule has 182 valence electrons. The summed E-state index contributed by atoms with van der Waals surface area (Å²) in [5, 5.41) is 0. The summed E-state index contributed by atoms with van der Waals surface area (Å²) < 4.78 is 54.5. The summed E-state index contributed by atoms with van der Waals surface area (Å²) in [6.45, 7) is 2.00. The van der Waals surface area contributed by atoms with Crippen molar-refractivity contribution in [1.29, 1.82) is 0 Å². The molecule has 0 aliphatic carbocycles. The van der Waals surface area contributed by atoms with E-state index in [0.717, 1.165) is 31.8 Å². The average molecular weight is 471 g/mol. The fourth-order valence-electron chi connectivity index (χ4n) is 3.53. The Morgan fingerprint density at radius 1 is 0.567 bits per heavy atom. The van der Waals surface area contributed by atoms with Gasteiger partial charge in [-0.25, -0.2) is 0 Å². The van der Waals surface area contributed by atoms with Crippen LogP contribution in [0.4, 0.5) is 0 Å². The van der Waals surface area contributed by atoms with Crippen molar-refractivity contribution < 1.29 is 25.2 Å². The molecule has 8 heteroatoms. The molecule has 0 aromatic rings. The van der Waals surface area contributed by atoms with E-state index in [-0.39, 0.29) is 6.61 Å². The van der Waals surface area contributed by atoms with Gasteiger partial charge in [0.1, 0.15) is 6.10 Å². The quantitative estimate of drug-likeness (QED) is 0.143. The van der Waals surface area contributed by atoms with Crippen LogP contribution < -0.4 is 0 Å². The van der Waals surface area contributed by atoms with Gasteiger partial charge >= 0.3 is 0 Å². The Bertz CT molecular complexity index is 587. The second-order valence-electron chi connectivity index (χ2n) is 8.50. The van der Waals surface area contributed by atoms with Gasteiger partial charge in [-0.2, -0.15) is 16.8 Å². The predicted octanol–water partition coefficient (Wildman–Crippen LogP) is 5.96. The Balaban J connectivity index is 3.58. The summed E-state index contributed by atoms with van der Waals surface area (Å²) in [5.41, 5.74) is 0. The Kier molecular flexibility index (Phi) is 18.3. The molecule has 6 nitrogen and oxygen atoms in total. The van der Waals surface area contributed by atoms with Crippen molar-refractivity contribution in [3.05, 3.63) is 0 Å². The maximum Gasteiger partial charge on any atom is 0.264 e. The lowest BCUT2D eigenvalue weighted by atomic mass is 10.0. The topological polar surface area (TPSA) is 86.7 Å². The lowest BCUT2D eigenvalue weighted by Crippen LogP contribution is -2.24. The molecule has 0 amide bonds. The van der Waals surface area contributed by atoms with Crippen LogP contribution in [-0.4, -0.2) is 42.1 Å². The molecule has 0 saturated heterocycles. The Labute approximate surface area is 186 Å². The zero-order valence-electron chi connectivity index (χ0n) is 19.6. The predicted molar refractivity (Wildman–Crippen MR) is 125 cm³/mol. The van der Waals surface area contributed by atoms with E-state index in [9.17, 15) is 16.8 Å². The van der Waals surface area contributed by atoms with Crippen LogP contribution in [0, 0.1) is 0 Å². The molecular formula is C22H46O6S2. The van der Waals surface area contributed by atoms with Crippen LogP contribution in [0.25, 0.3) is 0 Å². The summed E-state index contributed by atoms with van der Waals surface area (Å²) in [5.74, 6) is 0. The van der Waals surface area contributed by atoms with Crippen LogP contribution in [0.5, 0.6) is 0 Å². The van der Waals surface area contributed by atoms with Gasteiger partial charge in [-0.1, -0.05) is 110 Å². The molecule has 30 heavy (non-hydrogen) atoms. The number of hydrogen-bond donors (Lipinski definition) is 0. The van der Waals surface area contributed by atoms with E-state index >= 15 is 0 Å². The third-order valence-electron chi connectivity index (χ3n) is 5.16. The van der Waals surface area contributed by atoms with E-state index in [1.165, 1.54) is 83.5 Å². The lowest BCUT2D eigenvalue weighted by molar-refractivity contribution is 0.129. The Hall–Kier alpha value is -0.180.